The van der Waals surface area contributed by atoms with Crippen molar-refractivity contribution in [2.75, 3.05) is 12.3 Å². The van der Waals surface area contributed by atoms with Gasteiger partial charge in [-0.05, 0) is 42.3 Å². The topological polar surface area (TPSA) is 68.0 Å². The molecular formula is C14H14ClN3O. The number of hydrogen-bond donors (Lipinski definition) is 2. The number of amides is 1. The zero-order valence-electron chi connectivity index (χ0n) is 10.3. The molecule has 0 aliphatic heterocycles. The molecule has 1 heterocycles. The molecule has 0 bridgehead atoms. The van der Waals surface area contributed by atoms with Crippen LogP contribution in [0.15, 0.2) is 42.7 Å². The number of hydrogen-bond acceptors (Lipinski definition) is 3. The van der Waals surface area contributed by atoms with Crippen LogP contribution in [0.5, 0.6) is 0 Å². The number of carbonyl (C=O) groups is 1. The van der Waals surface area contributed by atoms with E-state index in [-0.39, 0.29) is 5.91 Å². The Morgan fingerprint density at radius 1 is 1.26 bits per heavy atom. The first-order chi connectivity index (χ1) is 9.16. The highest BCUT2D eigenvalue weighted by Crippen LogP contribution is 2.17. The molecule has 2 aromatic rings. The highest BCUT2D eigenvalue weighted by molar-refractivity contribution is 6.31. The molecule has 5 heteroatoms. The van der Waals surface area contributed by atoms with Gasteiger partial charge < -0.3 is 11.1 Å². The van der Waals surface area contributed by atoms with Gasteiger partial charge in [0.1, 0.15) is 0 Å². The second kappa shape index (κ2) is 6.20. The molecule has 0 unspecified atom stereocenters. The summed E-state index contributed by atoms with van der Waals surface area (Å²) >= 11 is 5.79. The van der Waals surface area contributed by atoms with E-state index in [0.717, 1.165) is 12.0 Å². The SMILES string of the molecule is Nc1cc(Cl)ccc1C(=O)NCCc1ccncc1. The molecule has 3 N–H and O–H groups in total. The van der Waals surface area contributed by atoms with E-state index in [2.05, 4.69) is 10.3 Å². The minimum Gasteiger partial charge on any atom is -0.398 e. The Balaban J connectivity index is 1.91. The van der Waals surface area contributed by atoms with E-state index in [1.165, 1.54) is 0 Å². The van der Waals surface area contributed by atoms with E-state index in [0.29, 0.717) is 22.8 Å². The number of carbonyl (C=O) groups excluding carboxylic acids is 1. The van der Waals surface area contributed by atoms with Crippen molar-refractivity contribution in [3.63, 3.8) is 0 Å². The zero-order valence-corrected chi connectivity index (χ0v) is 11.0. The highest BCUT2D eigenvalue weighted by atomic mass is 35.5. The average Bonchev–Trinajstić information content (AvgIpc) is 2.39. The summed E-state index contributed by atoms with van der Waals surface area (Å²) in [7, 11) is 0. The Kier molecular flexibility index (Phi) is 4.36. The van der Waals surface area contributed by atoms with Gasteiger partial charge in [0.25, 0.3) is 5.91 Å². The number of nitrogens with two attached hydrogens (primary N) is 1. The van der Waals surface area contributed by atoms with Crippen molar-refractivity contribution in [2.45, 2.75) is 6.42 Å². The quantitative estimate of drug-likeness (QED) is 0.841. The van der Waals surface area contributed by atoms with Crippen LogP contribution in [0.3, 0.4) is 0 Å². The molecule has 0 radical (unpaired) electrons. The van der Waals surface area contributed by atoms with E-state index in [1.807, 2.05) is 12.1 Å². The third kappa shape index (κ3) is 3.69. The summed E-state index contributed by atoms with van der Waals surface area (Å²) in [5, 5.41) is 3.34. The summed E-state index contributed by atoms with van der Waals surface area (Å²) in [6.45, 7) is 0.547. The normalized spacial score (nSPS) is 10.2. The Hall–Kier alpha value is -2.07. The number of nitrogens with one attached hydrogen (secondary N) is 1. The lowest BCUT2D eigenvalue weighted by Gasteiger charge is -2.07. The monoisotopic (exact) mass is 275 g/mol. The molecular weight excluding hydrogens is 262 g/mol. The first-order valence-corrected chi connectivity index (χ1v) is 6.27. The smallest absolute Gasteiger partial charge is 0.253 e. The van der Waals surface area contributed by atoms with Crippen LogP contribution in [-0.4, -0.2) is 17.4 Å². The fourth-order valence-electron chi connectivity index (χ4n) is 1.71. The van der Waals surface area contributed by atoms with Crippen molar-refractivity contribution in [1.29, 1.82) is 0 Å². The van der Waals surface area contributed by atoms with Crippen LogP contribution < -0.4 is 11.1 Å². The average molecular weight is 276 g/mol. The molecule has 0 aliphatic carbocycles. The van der Waals surface area contributed by atoms with E-state index in [9.17, 15) is 4.79 Å². The number of pyridine rings is 1. The standard InChI is InChI=1S/C14H14ClN3O/c15-11-1-2-12(13(16)9-11)14(19)18-8-5-10-3-6-17-7-4-10/h1-4,6-7,9H,5,8,16H2,(H,18,19). The minimum atomic E-state index is -0.191. The Labute approximate surface area is 116 Å². The maximum Gasteiger partial charge on any atom is 0.253 e. The van der Waals surface area contributed by atoms with Gasteiger partial charge in [-0.25, -0.2) is 0 Å². The molecule has 98 valence electrons. The number of rotatable bonds is 4. The number of benzene rings is 1. The molecule has 1 aromatic heterocycles. The van der Waals surface area contributed by atoms with Crippen LogP contribution in [-0.2, 0) is 6.42 Å². The van der Waals surface area contributed by atoms with Crippen molar-refractivity contribution >= 4 is 23.2 Å². The molecule has 0 saturated heterocycles. The van der Waals surface area contributed by atoms with Gasteiger partial charge in [0.15, 0.2) is 0 Å². The molecule has 0 aliphatic rings. The number of aromatic nitrogens is 1. The van der Waals surface area contributed by atoms with E-state index in [1.54, 1.807) is 30.6 Å². The molecule has 2 rings (SSSR count). The van der Waals surface area contributed by atoms with Gasteiger partial charge in [-0.3, -0.25) is 9.78 Å². The van der Waals surface area contributed by atoms with Crippen LogP contribution in [0.4, 0.5) is 5.69 Å². The third-order valence-corrected chi connectivity index (χ3v) is 2.94. The van der Waals surface area contributed by atoms with Crippen LogP contribution >= 0.6 is 11.6 Å². The number of anilines is 1. The van der Waals surface area contributed by atoms with Crippen molar-refractivity contribution in [2.24, 2.45) is 0 Å². The number of halogens is 1. The van der Waals surface area contributed by atoms with Gasteiger partial charge in [-0.15, -0.1) is 0 Å². The van der Waals surface area contributed by atoms with E-state index < -0.39 is 0 Å². The lowest BCUT2D eigenvalue weighted by atomic mass is 10.1. The maximum absolute atomic E-state index is 11.9. The summed E-state index contributed by atoms with van der Waals surface area (Å²) in [6, 6.07) is 8.68. The summed E-state index contributed by atoms with van der Waals surface area (Å²) in [5.74, 6) is -0.191. The summed E-state index contributed by atoms with van der Waals surface area (Å²) in [5.41, 5.74) is 7.70. The van der Waals surface area contributed by atoms with Gasteiger partial charge in [0, 0.05) is 29.6 Å². The number of nitrogen functional groups attached to an aromatic ring is 1. The van der Waals surface area contributed by atoms with Crippen molar-refractivity contribution in [1.82, 2.24) is 10.3 Å². The van der Waals surface area contributed by atoms with Crippen LogP contribution in [0.2, 0.25) is 5.02 Å². The molecule has 0 atom stereocenters. The number of nitrogens with zero attached hydrogens (tertiary/aromatic N) is 1. The van der Waals surface area contributed by atoms with Gasteiger partial charge >= 0.3 is 0 Å². The summed E-state index contributed by atoms with van der Waals surface area (Å²) < 4.78 is 0. The molecule has 0 saturated carbocycles. The van der Waals surface area contributed by atoms with E-state index in [4.69, 9.17) is 17.3 Å². The maximum atomic E-state index is 11.9. The summed E-state index contributed by atoms with van der Waals surface area (Å²) in [6.07, 6.45) is 4.21. The largest absolute Gasteiger partial charge is 0.398 e. The Bertz CT molecular complexity index is 572. The van der Waals surface area contributed by atoms with Crippen molar-refractivity contribution < 1.29 is 4.79 Å². The van der Waals surface area contributed by atoms with Gasteiger partial charge in [0.2, 0.25) is 0 Å². The molecule has 0 spiro atoms. The van der Waals surface area contributed by atoms with Gasteiger partial charge in [-0.1, -0.05) is 11.6 Å². The third-order valence-electron chi connectivity index (χ3n) is 2.71. The fraction of sp³-hybridized carbons (Fsp3) is 0.143. The van der Waals surface area contributed by atoms with E-state index >= 15 is 0 Å². The first-order valence-electron chi connectivity index (χ1n) is 5.89. The zero-order chi connectivity index (χ0) is 13.7. The second-order valence-electron chi connectivity index (χ2n) is 4.09. The lowest BCUT2D eigenvalue weighted by Crippen LogP contribution is -2.26. The molecule has 4 nitrogen and oxygen atoms in total. The molecule has 1 aromatic carbocycles. The molecule has 0 fully saturated rings. The first kappa shape index (κ1) is 13.4. The fourth-order valence-corrected chi connectivity index (χ4v) is 1.89. The molecule has 1 amide bonds. The second-order valence-corrected chi connectivity index (χ2v) is 4.53. The highest BCUT2D eigenvalue weighted by Gasteiger charge is 2.09. The Morgan fingerprint density at radius 3 is 2.68 bits per heavy atom. The minimum absolute atomic E-state index is 0.191. The van der Waals surface area contributed by atoms with Gasteiger partial charge in [-0.2, -0.15) is 0 Å². The molecule has 19 heavy (non-hydrogen) atoms. The van der Waals surface area contributed by atoms with Crippen LogP contribution in [0, 0.1) is 0 Å². The van der Waals surface area contributed by atoms with Crippen molar-refractivity contribution in [3.05, 3.63) is 58.9 Å². The van der Waals surface area contributed by atoms with Gasteiger partial charge in [0.05, 0.1) is 5.56 Å². The summed E-state index contributed by atoms with van der Waals surface area (Å²) in [4.78, 5) is 15.9. The predicted octanol–water partition coefficient (Wildman–Crippen LogP) is 2.29. The van der Waals surface area contributed by atoms with Crippen molar-refractivity contribution in [3.8, 4) is 0 Å². The Morgan fingerprint density at radius 2 is 2.00 bits per heavy atom. The van der Waals surface area contributed by atoms with Crippen LogP contribution in [0.25, 0.3) is 0 Å². The predicted molar refractivity (Wildman–Crippen MR) is 76.1 cm³/mol. The lowest BCUT2D eigenvalue weighted by molar-refractivity contribution is 0.0955. The van der Waals surface area contributed by atoms with Crippen LogP contribution in [0.1, 0.15) is 15.9 Å².